The minimum absolute atomic E-state index is 0.00935. The van der Waals surface area contributed by atoms with Crippen LogP contribution in [-0.2, 0) is 6.42 Å². The number of ether oxygens (including phenoxy) is 1. The highest BCUT2D eigenvalue weighted by Gasteiger charge is 2.11. The summed E-state index contributed by atoms with van der Waals surface area (Å²) in [5, 5.41) is 14.1. The Morgan fingerprint density at radius 2 is 1.95 bits per heavy atom. The van der Waals surface area contributed by atoms with Crippen molar-refractivity contribution >= 4 is 11.4 Å². The topological polar surface area (TPSA) is 64.4 Å². The lowest BCUT2D eigenvalue weighted by atomic mass is 10.2. The fraction of sp³-hybridized carbons (Fsp3) is 0.250. The predicted molar refractivity (Wildman–Crippen MR) is 83.2 cm³/mol. The Hall–Kier alpha value is -2.56. The average molecular weight is 286 g/mol. The van der Waals surface area contributed by atoms with Crippen molar-refractivity contribution in [3.8, 4) is 11.5 Å². The van der Waals surface area contributed by atoms with Gasteiger partial charge in [-0.3, -0.25) is 10.1 Å². The van der Waals surface area contributed by atoms with Gasteiger partial charge < -0.3 is 10.1 Å². The number of nitro benzene ring substituents is 1. The number of aryl methyl sites for hydroxylation is 1. The maximum absolute atomic E-state index is 11.0. The van der Waals surface area contributed by atoms with Crippen LogP contribution in [0.2, 0.25) is 0 Å². The zero-order chi connectivity index (χ0) is 15.2. The Balaban J connectivity index is 2.31. The molecule has 0 aliphatic heterocycles. The van der Waals surface area contributed by atoms with Gasteiger partial charge in [-0.25, -0.2) is 0 Å². The molecule has 0 unspecified atom stereocenters. The van der Waals surface area contributed by atoms with E-state index in [-0.39, 0.29) is 5.69 Å². The number of anilines is 1. The molecule has 110 valence electrons. The molecule has 5 nitrogen and oxygen atoms in total. The molecule has 21 heavy (non-hydrogen) atoms. The van der Waals surface area contributed by atoms with E-state index in [2.05, 4.69) is 12.2 Å². The van der Waals surface area contributed by atoms with Crippen LogP contribution in [0.15, 0.2) is 42.5 Å². The molecule has 0 fully saturated rings. The zero-order valence-electron chi connectivity index (χ0n) is 12.1. The Bertz CT molecular complexity index is 641. The van der Waals surface area contributed by atoms with Crippen molar-refractivity contribution in [1.82, 2.24) is 0 Å². The summed E-state index contributed by atoms with van der Waals surface area (Å²) in [6.07, 6.45) is 0.911. The van der Waals surface area contributed by atoms with Crippen molar-refractivity contribution < 1.29 is 9.66 Å². The van der Waals surface area contributed by atoms with Crippen LogP contribution in [0.4, 0.5) is 11.4 Å². The summed E-state index contributed by atoms with van der Waals surface area (Å²) < 4.78 is 5.75. The maximum Gasteiger partial charge on any atom is 0.275 e. The summed E-state index contributed by atoms with van der Waals surface area (Å²) >= 11 is 0. The van der Waals surface area contributed by atoms with Crippen molar-refractivity contribution in [2.75, 3.05) is 11.9 Å². The van der Waals surface area contributed by atoms with Crippen LogP contribution in [0, 0.1) is 10.1 Å². The third-order valence-corrected chi connectivity index (χ3v) is 3.03. The highest BCUT2D eigenvalue weighted by atomic mass is 16.6. The SMILES string of the molecule is CCNc1cc(Oc2cccc(CC)c2)cc([N+](=O)[O-])c1. The molecule has 2 rings (SSSR count). The van der Waals surface area contributed by atoms with Gasteiger partial charge in [-0.1, -0.05) is 19.1 Å². The molecule has 2 aromatic carbocycles. The molecule has 0 radical (unpaired) electrons. The van der Waals surface area contributed by atoms with E-state index in [1.807, 2.05) is 31.2 Å². The molecule has 0 aromatic heterocycles. The van der Waals surface area contributed by atoms with Crippen LogP contribution in [0.1, 0.15) is 19.4 Å². The Morgan fingerprint density at radius 1 is 1.14 bits per heavy atom. The quantitative estimate of drug-likeness (QED) is 0.632. The minimum atomic E-state index is -0.420. The lowest BCUT2D eigenvalue weighted by Gasteiger charge is -2.09. The van der Waals surface area contributed by atoms with E-state index in [9.17, 15) is 10.1 Å². The molecule has 1 N–H and O–H groups in total. The van der Waals surface area contributed by atoms with Gasteiger partial charge in [-0.15, -0.1) is 0 Å². The second kappa shape index (κ2) is 6.74. The highest BCUT2D eigenvalue weighted by molar-refractivity contribution is 5.57. The average Bonchev–Trinajstić information content (AvgIpc) is 2.47. The molecular formula is C16H18N2O3. The van der Waals surface area contributed by atoms with E-state index in [0.29, 0.717) is 23.7 Å². The molecule has 0 bridgehead atoms. The van der Waals surface area contributed by atoms with Crippen LogP contribution in [0.3, 0.4) is 0 Å². The number of benzene rings is 2. The summed E-state index contributed by atoms with van der Waals surface area (Å²) in [7, 11) is 0. The number of nitro groups is 1. The van der Waals surface area contributed by atoms with Crippen molar-refractivity contribution in [2.24, 2.45) is 0 Å². The summed E-state index contributed by atoms with van der Waals surface area (Å²) in [6, 6.07) is 12.4. The highest BCUT2D eigenvalue weighted by Crippen LogP contribution is 2.30. The molecule has 0 spiro atoms. The molecular weight excluding hydrogens is 268 g/mol. The maximum atomic E-state index is 11.0. The van der Waals surface area contributed by atoms with E-state index in [4.69, 9.17) is 4.74 Å². The van der Waals surface area contributed by atoms with Crippen molar-refractivity contribution in [3.05, 3.63) is 58.1 Å². The number of non-ortho nitro benzene ring substituents is 1. The fourth-order valence-corrected chi connectivity index (χ4v) is 2.02. The Morgan fingerprint density at radius 3 is 2.62 bits per heavy atom. The fourth-order valence-electron chi connectivity index (χ4n) is 2.02. The Kier molecular flexibility index (Phi) is 4.77. The van der Waals surface area contributed by atoms with Gasteiger partial charge in [0.2, 0.25) is 0 Å². The van der Waals surface area contributed by atoms with E-state index < -0.39 is 4.92 Å². The van der Waals surface area contributed by atoms with Crippen LogP contribution in [0.25, 0.3) is 0 Å². The molecule has 0 atom stereocenters. The molecule has 0 aliphatic rings. The number of rotatable bonds is 6. The summed E-state index contributed by atoms with van der Waals surface area (Å²) in [5.74, 6) is 1.13. The van der Waals surface area contributed by atoms with Gasteiger partial charge >= 0.3 is 0 Å². The van der Waals surface area contributed by atoms with Gasteiger partial charge in [-0.05, 0) is 31.0 Å². The second-order valence-corrected chi connectivity index (χ2v) is 4.61. The monoisotopic (exact) mass is 286 g/mol. The lowest BCUT2D eigenvalue weighted by molar-refractivity contribution is -0.384. The summed E-state index contributed by atoms with van der Waals surface area (Å²) in [5.41, 5.74) is 1.84. The van der Waals surface area contributed by atoms with E-state index >= 15 is 0 Å². The first-order chi connectivity index (χ1) is 10.1. The first-order valence-corrected chi connectivity index (χ1v) is 6.92. The van der Waals surface area contributed by atoms with Gasteiger partial charge in [0, 0.05) is 24.4 Å². The third-order valence-electron chi connectivity index (χ3n) is 3.03. The minimum Gasteiger partial charge on any atom is -0.457 e. The van der Waals surface area contributed by atoms with Gasteiger partial charge in [0.05, 0.1) is 11.0 Å². The number of hydrogen-bond donors (Lipinski definition) is 1. The van der Waals surface area contributed by atoms with Gasteiger partial charge in [0.15, 0.2) is 0 Å². The van der Waals surface area contributed by atoms with Gasteiger partial charge in [-0.2, -0.15) is 0 Å². The molecule has 0 aliphatic carbocycles. The lowest BCUT2D eigenvalue weighted by Crippen LogP contribution is -1.98. The zero-order valence-corrected chi connectivity index (χ0v) is 12.1. The van der Waals surface area contributed by atoms with Crippen molar-refractivity contribution in [2.45, 2.75) is 20.3 Å². The number of nitrogens with zero attached hydrogens (tertiary/aromatic N) is 1. The standard InChI is InChI=1S/C16H18N2O3/c1-3-12-6-5-7-15(8-12)21-16-10-13(17-4-2)9-14(11-16)18(19)20/h5-11,17H,3-4H2,1-2H3. The largest absolute Gasteiger partial charge is 0.457 e. The van der Waals surface area contributed by atoms with Crippen LogP contribution in [-0.4, -0.2) is 11.5 Å². The normalized spacial score (nSPS) is 10.2. The second-order valence-electron chi connectivity index (χ2n) is 4.61. The predicted octanol–water partition coefficient (Wildman–Crippen LogP) is 4.38. The van der Waals surface area contributed by atoms with Crippen LogP contribution < -0.4 is 10.1 Å². The van der Waals surface area contributed by atoms with Crippen LogP contribution >= 0.6 is 0 Å². The first kappa shape index (κ1) is 14.8. The molecule has 2 aromatic rings. The van der Waals surface area contributed by atoms with E-state index in [1.165, 1.54) is 12.1 Å². The van der Waals surface area contributed by atoms with Gasteiger partial charge in [0.1, 0.15) is 11.5 Å². The molecule has 5 heteroatoms. The smallest absolute Gasteiger partial charge is 0.275 e. The number of nitrogens with one attached hydrogen (secondary N) is 1. The van der Waals surface area contributed by atoms with Crippen molar-refractivity contribution in [3.63, 3.8) is 0 Å². The molecule has 0 saturated carbocycles. The molecule has 0 heterocycles. The third kappa shape index (κ3) is 3.95. The van der Waals surface area contributed by atoms with E-state index in [0.717, 1.165) is 12.0 Å². The first-order valence-electron chi connectivity index (χ1n) is 6.92. The Labute approximate surface area is 123 Å². The van der Waals surface area contributed by atoms with Crippen molar-refractivity contribution in [1.29, 1.82) is 0 Å². The van der Waals surface area contributed by atoms with E-state index in [1.54, 1.807) is 6.07 Å². The summed E-state index contributed by atoms with van der Waals surface area (Å²) in [4.78, 5) is 10.6. The van der Waals surface area contributed by atoms with Crippen LogP contribution in [0.5, 0.6) is 11.5 Å². The summed E-state index contributed by atoms with van der Waals surface area (Å²) in [6.45, 7) is 4.69. The van der Waals surface area contributed by atoms with Gasteiger partial charge in [0.25, 0.3) is 5.69 Å². The molecule has 0 saturated heterocycles. The molecule has 0 amide bonds. The number of hydrogen-bond acceptors (Lipinski definition) is 4.